The molecule has 2 atom stereocenters. The van der Waals surface area contributed by atoms with E-state index in [-0.39, 0.29) is 12.0 Å². The molecule has 1 N–H and O–H groups in total. The molecule has 0 bridgehead atoms. The quantitative estimate of drug-likeness (QED) is 0.642. The molecule has 4 nitrogen and oxygen atoms in total. The van der Waals surface area contributed by atoms with Gasteiger partial charge in [-0.2, -0.15) is 0 Å². The highest BCUT2D eigenvalue weighted by molar-refractivity contribution is 5.96. The molecular weight excluding hydrogens is 179 g/mol. The summed E-state index contributed by atoms with van der Waals surface area (Å²) in [5.74, 6) is -3.04. The number of alkyl halides is 1. The van der Waals surface area contributed by atoms with Crippen molar-refractivity contribution < 1.29 is 23.8 Å². The van der Waals surface area contributed by atoms with Gasteiger partial charge in [-0.05, 0) is 12.5 Å². The summed E-state index contributed by atoms with van der Waals surface area (Å²) in [6.45, 7) is 0. The predicted molar refractivity (Wildman–Crippen MR) is 40.7 cm³/mol. The van der Waals surface area contributed by atoms with Crippen molar-refractivity contribution in [3.8, 4) is 0 Å². The Morgan fingerprint density at radius 1 is 1.69 bits per heavy atom. The van der Waals surface area contributed by atoms with E-state index in [9.17, 15) is 14.0 Å². The summed E-state index contributed by atoms with van der Waals surface area (Å²) in [7, 11) is 1.13. The van der Waals surface area contributed by atoms with E-state index in [1.807, 2.05) is 0 Å². The first-order valence-corrected chi connectivity index (χ1v) is 3.73. The van der Waals surface area contributed by atoms with Crippen molar-refractivity contribution in [1.29, 1.82) is 0 Å². The van der Waals surface area contributed by atoms with Crippen molar-refractivity contribution in [2.24, 2.45) is 5.92 Å². The lowest BCUT2D eigenvalue weighted by molar-refractivity contribution is -0.144. The zero-order chi connectivity index (χ0) is 10.0. The number of methoxy groups -OCH3 is 1. The zero-order valence-corrected chi connectivity index (χ0v) is 6.99. The van der Waals surface area contributed by atoms with Gasteiger partial charge in [-0.15, -0.1) is 0 Å². The molecule has 0 aromatic carbocycles. The van der Waals surface area contributed by atoms with Crippen LogP contribution in [0.15, 0.2) is 11.6 Å². The van der Waals surface area contributed by atoms with Gasteiger partial charge in [-0.3, -0.25) is 4.79 Å². The van der Waals surface area contributed by atoms with Crippen LogP contribution in [0.4, 0.5) is 4.39 Å². The number of ether oxygens (including phenoxy) is 1. The molecule has 0 saturated carbocycles. The highest BCUT2D eigenvalue weighted by atomic mass is 19.1. The number of esters is 1. The maximum Gasteiger partial charge on any atom is 0.334 e. The average molecular weight is 188 g/mol. The number of hydrogen-bond donors (Lipinski definition) is 1. The lowest BCUT2D eigenvalue weighted by Gasteiger charge is -2.06. The number of carboxylic acid groups (broad SMARTS) is 1. The van der Waals surface area contributed by atoms with Gasteiger partial charge in [0.15, 0.2) is 0 Å². The van der Waals surface area contributed by atoms with Crippen LogP contribution in [0.5, 0.6) is 0 Å². The van der Waals surface area contributed by atoms with Crippen LogP contribution in [0.2, 0.25) is 0 Å². The molecule has 1 aliphatic rings. The first kappa shape index (κ1) is 9.70. The molecule has 0 spiro atoms. The number of allylic oxidation sites excluding steroid dienone is 1. The molecule has 0 amide bonds. The molecule has 13 heavy (non-hydrogen) atoms. The summed E-state index contributed by atoms with van der Waals surface area (Å²) in [6.07, 6.45) is -0.542. The van der Waals surface area contributed by atoms with E-state index in [0.717, 1.165) is 13.2 Å². The molecule has 0 saturated heterocycles. The maximum atomic E-state index is 12.7. The average Bonchev–Trinajstić information content (AvgIpc) is 2.46. The van der Waals surface area contributed by atoms with Crippen molar-refractivity contribution in [2.45, 2.75) is 12.6 Å². The number of halogens is 1. The second-order valence-electron chi connectivity index (χ2n) is 2.76. The maximum absolute atomic E-state index is 12.7. The summed E-state index contributed by atoms with van der Waals surface area (Å²) >= 11 is 0. The topological polar surface area (TPSA) is 63.6 Å². The molecule has 0 aliphatic heterocycles. The monoisotopic (exact) mass is 188 g/mol. The van der Waals surface area contributed by atoms with Crippen LogP contribution in [-0.4, -0.2) is 30.3 Å². The molecular formula is C8H9FO4. The number of aliphatic carboxylic acids is 1. The third-order valence-electron chi connectivity index (χ3n) is 1.92. The number of carboxylic acids is 1. The summed E-state index contributed by atoms with van der Waals surface area (Å²) in [6, 6.07) is 0. The first-order chi connectivity index (χ1) is 6.06. The van der Waals surface area contributed by atoms with Crippen LogP contribution in [0, 0.1) is 5.92 Å². The Bertz CT molecular complexity index is 271. The lowest BCUT2D eigenvalue weighted by Crippen LogP contribution is -2.19. The number of hydrogen-bond acceptors (Lipinski definition) is 3. The van der Waals surface area contributed by atoms with Gasteiger partial charge in [0.05, 0.1) is 18.6 Å². The summed E-state index contributed by atoms with van der Waals surface area (Å²) < 4.78 is 17.1. The Labute approximate surface area is 74.0 Å². The lowest BCUT2D eigenvalue weighted by atomic mass is 10.0. The third kappa shape index (κ3) is 1.85. The molecule has 0 aromatic heterocycles. The molecule has 0 fully saturated rings. The predicted octanol–water partition coefficient (Wildman–Crippen LogP) is 0.528. The van der Waals surface area contributed by atoms with Gasteiger partial charge in [-0.1, -0.05) is 0 Å². The number of rotatable bonds is 2. The van der Waals surface area contributed by atoms with Crippen molar-refractivity contribution in [3.05, 3.63) is 11.6 Å². The Morgan fingerprint density at radius 3 is 2.77 bits per heavy atom. The summed E-state index contributed by atoms with van der Waals surface area (Å²) in [4.78, 5) is 21.5. The Kier molecular flexibility index (Phi) is 2.65. The number of carbonyl (C=O) groups excluding carboxylic acids is 1. The van der Waals surface area contributed by atoms with E-state index in [1.165, 1.54) is 0 Å². The van der Waals surface area contributed by atoms with Gasteiger partial charge in [0.25, 0.3) is 0 Å². The zero-order valence-electron chi connectivity index (χ0n) is 6.99. The van der Waals surface area contributed by atoms with Gasteiger partial charge in [-0.25, -0.2) is 9.18 Å². The van der Waals surface area contributed by atoms with Crippen molar-refractivity contribution in [1.82, 2.24) is 0 Å². The highest BCUT2D eigenvalue weighted by Gasteiger charge is 2.36. The second kappa shape index (κ2) is 3.55. The van der Waals surface area contributed by atoms with Gasteiger partial charge in [0.1, 0.15) is 6.17 Å². The summed E-state index contributed by atoms with van der Waals surface area (Å²) in [5.41, 5.74) is -0.0949. The smallest absolute Gasteiger partial charge is 0.334 e. The van der Waals surface area contributed by atoms with Gasteiger partial charge >= 0.3 is 11.9 Å². The molecule has 0 heterocycles. The third-order valence-corrected chi connectivity index (χ3v) is 1.92. The Morgan fingerprint density at radius 2 is 2.31 bits per heavy atom. The fraction of sp³-hybridized carbons (Fsp3) is 0.500. The minimum absolute atomic E-state index is 0.0949. The minimum Gasteiger partial charge on any atom is -0.481 e. The van der Waals surface area contributed by atoms with Crippen LogP contribution in [0.1, 0.15) is 6.42 Å². The van der Waals surface area contributed by atoms with Gasteiger partial charge in [0.2, 0.25) is 0 Å². The van der Waals surface area contributed by atoms with E-state index in [4.69, 9.17) is 5.11 Å². The van der Waals surface area contributed by atoms with Crippen molar-refractivity contribution >= 4 is 11.9 Å². The molecule has 0 radical (unpaired) electrons. The van der Waals surface area contributed by atoms with E-state index >= 15 is 0 Å². The molecule has 0 aromatic rings. The Balaban J connectivity index is 2.85. The van der Waals surface area contributed by atoms with Crippen molar-refractivity contribution in [2.75, 3.05) is 7.11 Å². The largest absolute Gasteiger partial charge is 0.481 e. The standard InChI is InChI=1S/C8H9FO4/c1-13-8(12)6-3-4(9)2-5(6)7(10)11/h3-5H,2H2,1H3,(H,10,11)/t4?,5-/m1/s1. The molecule has 5 heteroatoms. The highest BCUT2D eigenvalue weighted by Crippen LogP contribution is 2.28. The summed E-state index contributed by atoms with van der Waals surface area (Å²) in [5, 5.41) is 8.63. The normalized spacial score (nSPS) is 26.8. The molecule has 72 valence electrons. The van der Waals surface area contributed by atoms with E-state index in [2.05, 4.69) is 4.74 Å². The van der Waals surface area contributed by atoms with Crippen LogP contribution < -0.4 is 0 Å². The molecule has 1 aliphatic carbocycles. The van der Waals surface area contributed by atoms with Crippen molar-refractivity contribution in [3.63, 3.8) is 0 Å². The van der Waals surface area contributed by atoms with Crippen LogP contribution in [-0.2, 0) is 14.3 Å². The SMILES string of the molecule is COC(=O)C1=CC(F)C[C@H]1C(=O)O. The van der Waals surface area contributed by atoms with Crippen LogP contribution in [0.25, 0.3) is 0 Å². The van der Waals surface area contributed by atoms with Gasteiger partial charge < -0.3 is 9.84 Å². The fourth-order valence-corrected chi connectivity index (χ4v) is 1.29. The first-order valence-electron chi connectivity index (χ1n) is 3.73. The molecule has 1 unspecified atom stereocenters. The fourth-order valence-electron chi connectivity index (χ4n) is 1.29. The second-order valence-corrected chi connectivity index (χ2v) is 2.76. The van der Waals surface area contributed by atoms with E-state index in [1.54, 1.807) is 0 Å². The molecule has 1 rings (SSSR count). The number of carbonyl (C=O) groups is 2. The minimum atomic E-state index is -1.37. The van der Waals surface area contributed by atoms with E-state index < -0.39 is 24.0 Å². The van der Waals surface area contributed by atoms with Crippen LogP contribution >= 0.6 is 0 Å². The van der Waals surface area contributed by atoms with E-state index in [0.29, 0.717) is 0 Å². The van der Waals surface area contributed by atoms with Gasteiger partial charge in [0, 0.05) is 0 Å². The van der Waals surface area contributed by atoms with Crippen LogP contribution in [0.3, 0.4) is 0 Å². The Hall–Kier alpha value is -1.39.